The first kappa shape index (κ1) is 24.2. The summed E-state index contributed by atoms with van der Waals surface area (Å²) in [6.45, 7) is 3.63. The zero-order valence-electron chi connectivity index (χ0n) is 18.7. The molecule has 2 aliphatic rings. The van der Waals surface area contributed by atoms with Crippen LogP contribution in [0.15, 0.2) is 48.8 Å². The minimum Gasteiger partial charge on any atom is -0.395 e. The van der Waals surface area contributed by atoms with Crippen LogP contribution < -0.4 is 0 Å². The smallest absolute Gasteiger partial charge is 0.246 e. The lowest BCUT2D eigenvalue weighted by molar-refractivity contribution is -0.127. The number of hydrogen-bond acceptors (Lipinski definition) is 4. The quantitative estimate of drug-likeness (QED) is 0.589. The molecule has 176 valence electrons. The first-order valence-electron chi connectivity index (χ1n) is 11.7. The summed E-state index contributed by atoms with van der Waals surface area (Å²) in [6, 6.07) is 9.73. The lowest BCUT2D eigenvalue weighted by Crippen LogP contribution is -2.50. The molecule has 0 saturated carbocycles. The van der Waals surface area contributed by atoms with Crippen LogP contribution in [0.1, 0.15) is 42.7 Å². The highest BCUT2D eigenvalue weighted by atomic mass is 35.5. The number of aliphatic hydroxyl groups is 1. The van der Waals surface area contributed by atoms with Crippen molar-refractivity contribution in [2.24, 2.45) is 5.92 Å². The molecule has 0 spiro atoms. The Bertz CT molecular complexity index is 953. The van der Waals surface area contributed by atoms with Crippen molar-refractivity contribution >= 4 is 35.2 Å². The van der Waals surface area contributed by atoms with Gasteiger partial charge in [-0.1, -0.05) is 29.3 Å². The summed E-state index contributed by atoms with van der Waals surface area (Å²) in [5.74, 6) is 0.999. The molecule has 1 amide bonds. The number of nitrogens with zero attached hydrogens (tertiary/aromatic N) is 3. The molecule has 1 aromatic heterocycles. The van der Waals surface area contributed by atoms with E-state index in [1.807, 2.05) is 23.4 Å². The second-order valence-electron chi connectivity index (χ2n) is 9.01. The van der Waals surface area contributed by atoms with Crippen LogP contribution in [0.25, 0.3) is 6.08 Å². The fourth-order valence-electron chi connectivity index (χ4n) is 5.16. The summed E-state index contributed by atoms with van der Waals surface area (Å²) in [5.41, 5.74) is 2.22. The van der Waals surface area contributed by atoms with Crippen molar-refractivity contribution in [3.05, 3.63) is 70.0 Å². The first-order chi connectivity index (χ1) is 16.0. The summed E-state index contributed by atoms with van der Waals surface area (Å²) in [6.07, 6.45) is 11.2. The number of aromatic nitrogens is 1. The molecule has 1 atom stereocenters. The second kappa shape index (κ2) is 11.5. The maximum atomic E-state index is 12.7. The van der Waals surface area contributed by atoms with Gasteiger partial charge in [-0.25, -0.2) is 0 Å². The van der Waals surface area contributed by atoms with Gasteiger partial charge >= 0.3 is 0 Å². The average molecular weight is 488 g/mol. The van der Waals surface area contributed by atoms with Crippen molar-refractivity contribution in [1.29, 1.82) is 0 Å². The molecule has 1 unspecified atom stereocenters. The Morgan fingerprint density at radius 3 is 2.36 bits per heavy atom. The van der Waals surface area contributed by atoms with Gasteiger partial charge in [-0.3, -0.25) is 14.7 Å². The molecular formula is C26H31Cl2N3O2. The van der Waals surface area contributed by atoms with Gasteiger partial charge in [-0.15, -0.1) is 0 Å². The van der Waals surface area contributed by atoms with Crippen molar-refractivity contribution in [3.8, 4) is 0 Å². The number of likely N-dealkylation sites (tertiary alicyclic amines) is 2. The van der Waals surface area contributed by atoms with Gasteiger partial charge in [-0.2, -0.15) is 0 Å². The summed E-state index contributed by atoms with van der Waals surface area (Å²) >= 11 is 12.0. The molecule has 7 heteroatoms. The van der Waals surface area contributed by atoms with E-state index in [0.29, 0.717) is 21.9 Å². The maximum absolute atomic E-state index is 12.7. The SMILES string of the molecule is O=C(/C=C/c1ccc(Cl)c(Cl)c1)N1CCC(C(CO)N2CCC(c3ccncc3)CC2)CC1. The summed E-state index contributed by atoms with van der Waals surface area (Å²) in [7, 11) is 0. The van der Waals surface area contributed by atoms with Crippen LogP contribution in [0.3, 0.4) is 0 Å². The number of halogens is 2. The van der Waals surface area contributed by atoms with Crippen LogP contribution in [-0.2, 0) is 4.79 Å². The van der Waals surface area contributed by atoms with Crippen molar-refractivity contribution in [2.75, 3.05) is 32.8 Å². The molecule has 2 fully saturated rings. The van der Waals surface area contributed by atoms with Gasteiger partial charge in [0.25, 0.3) is 0 Å². The molecule has 3 heterocycles. The monoisotopic (exact) mass is 487 g/mol. The molecule has 5 nitrogen and oxygen atoms in total. The number of benzene rings is 1. The average Bonchev–Trinajstić information content (AvgIpc) is 2.86. The lowest BCUT2D eigenvalue weighted by atomic mass is 9.85. The molecular weight excluding hydrogens is 457 g/mol. The van der Waals surface area contributed by atoms with Gasteiger partial charge in [-0.05, 0) is 92.1 Å². The van der Waals surface area contributed by atoms with E-state index in [9.17, 15) is 9.90 Å². The van der Waals surface area contributed by atoms with E-state index in [1.165, 1.54) is 5.56 Å². The Morgan fingerprint density at radius 1 is 1.03 bits per heavy atom. The molecule has 1 aromatic carbocycles. The molecule has 33 heavy (non-hydrogen) atoms. The van der Waals surface area contributed by atoms with E-state index in [2.05, 4.69) is 22.0 Å². The number of carbonyl (C=O) groups excluding carboxylic acids is 1. The molecule has 4 rings (SSSR count). The van der Waals surface area contributed by atoms with Gasteiger partial charge in [0.05, 0.1) is 16.7 Å². The highest BCUT2D eigenvalue weighted by Crippen LogP contribution is 2.32. The van der Waals surface area contributed by atoms with Crippen LogP contribution in [0.4, 0.5) is 0 Å². The molecule has 2 saturated heterocycles. The third-order valence-corrected chi connectivity index (χ3v) is 7.86. The molecule has 0 aliphatic carbocycles. The van der Waals surface area contributed by atoms with Crippen LogP contribution in [-0.4, -0.2) is 64.6 Å². The summed E-state index contributed by atoms with van der Waals surface area (Å²) in [5, 5.41) is 11.2. The van der Waals surface area contributed by atoms with Gasteiger partial charge in [0, 0.05) is 37.6 Å². The summed E-state index contributed by atoms with van der Waals surface area (Å²) < 4.78 is 0. The Kier molecular flexibility index (Phi) is 8.42. The van der Waals surface area contributed by atoms with E-state index in [4.69, 9.17) is 23.2 Å². The summed E-state index contributed by atoms with van der Waals surface area (Å²) in [4.78, 5) is 21.1. The van der Waals surface area contributed by atoms with Crippen LogP contribution in [0, 0.1) is 5.92 Å². The molecule has 0 bridgehead atoms. The van der Waals surface area contributed by atoms with E-state index < -0.39 is 0 Å². The minimum atomic E-state index is 0.0123. The van der Waals surface area contributed by atoms with Crippen molar-refractivity contribution in [1.82, 2.24) is 14.8 Å². The number of amides is 1. The second-order valence-corrected chi connectivity index (χ2v) is 9.82. The number of piperidine rings is 2. The first-order valence-corrected chi connectivity index (χ1v) is 12.5. The van der Waals surface area contributed by atoms with Crippen molar-refractivity contribution in [3.63, 3.8) is 0 Å². The lowest BCUT2D eigenvalue weighted by Gasteiger charge is -2.43. The third kappa shape index (κ3) is 6.15. The maximum Gasteiger partial charge on any atom is 0.246 e. The van der Waals surface area contributed by atoms with E-state index in [1.54, 1.807) is 24.3 Å². The Hall–Kier alpha value is -1.92. The Labute approximate surface area is 206 Å². The highest BCUT2D eigenvalue weighted by Gasteiger charge is 2.33. The Balaban J connectivity index is 1.27. The zero-order chi connectivity index (χ0) is 23.2. The molecule has 0 radical (unpaired) electrons. The van der Waals surface area contributed by atoms with E-state index in [-0.39, 0.29) is 18.6 Å². The Morgan fingerprint density at radius 2 is 1.73 bits per heavy atom. The number of pyridine rings is 1. The number of hydrogen-bond donors (Lipinski definition) is 1. The number of aliphatic hydroxyl groups excluding tert-OH is 1. The van der Waals surface area contributed by atoms with Gasteiger partial charge in [0.1, 0.15) is 0 Å². The van der Waals surface area contributed by atoms with Crippen LogP contribution in [0.2, 0.25) is 10.0 Å². The van der Waals surface area contributed by atoms with Crippen LogP contribution >= 0.6 is 23.2 Å². The van der Waals surface area contributed by atoms with Crippen molar-refractivity contribution in [2.45, 2.75) is 37.6 Å². The normalized spacial score (nSPS) is 19.8. The van der Waals surface area contributed by atoms with E-state index >= 15 is 0 Å². The van der Waals surface area contributed by atoms with Gasteiger partial charge in [0.2, 0.25) is 5.91 Å². The number of rotatable bonds is 6. The fraction of sp³-hybridized carbons (Fsp3) is 0.462. The largest absolute Gasteiger partial charge is 0.395 e. The third-order valence-electron chi connectivity index (χ3n) is 7.12. The fourth-order valence-corrected chi connectivity index (χ4v) is 5.46. The predicted octanol–water partition coefficient (Wildman–Crippen LogP) is 4.88. The molecule has 2 aromatic rings. The molecule has 1 N–H and O–H groups in total. The van der Waals surface area contributed by atoms with Crippen molar-refractivity contribution < 1.29 is 9.90 Å². The zero-order valence-corrected chi connectivity index (χ0v) is 20.3. The highest BCUT2D eigenvalue weighted by molar-refractivity contribution is 6.42. The minimum absolute atomic E-state index is 0.0123. The predicted molar refractivity (Wildman–Crippen MR) is 133 cm³/mol. The topological polar surface area (TPSA) is 56.7 Å². The van der Waals surface area contributed by atoms with Gasteiger partial charge in [0.15, 0.2) is 0 Å². The van der Waals surface area contributed by atoms with E-state index in [0.717, 1.165) is 57.4 Å². The van der Waals surface area contributed by atoms with Crippen LogP contribution in [0.5, 0.6) is 0 Å². The standard InChI is InChI=1S/C26H31Cl2N3O2/c27-23-3-1-19(17-24(23)28)2-4-26(33)31-15-9-22(10-16-31)25(18-32)30-13-7-21(8-14-30)20-5-11-29-12-6-20/h1-6,11-12,17,21-22,25,32H,7-10,13-16,18H2/b4-2+. The molecule has 2 aliphatic heterocycles. The number of carbonyl (C=O) groups is 1. The van der Waals surface area contributed by atoms with Gasteiger partial charge < -0.3 is 10.0 Å².